The quantitative estimate of drug-likeness (QED) is 0.925. The van der Waals surface area contributed by atoms with Gasteiger partial charge in [0.25, 0.3) is 5.91 Å². The predicted octanol–water partition coefficient (Wildman–Crippen LogP) is 2.25. The fourth-order valence-electron chi connectivity index (χ4n) is 2.99. The van der Waals surface area contributed by atoms with Crippen LogP contribution >= 0.6 is 11.6 Å². The second-order valence-corrected chi connectivity index (χ2v) is 6.52. The summed E-state index contributed by atoms with van der Waals surface area (Å²) in [6.07, 6.45) is 4.66. The first-order chi connectivity index (χ1) is 11.5. The Balaban J connectivity index is 1.83. The maximum atomic E-state index is 12.8. The largest absolute Gasteiger partial charge is 0.369 e. The van der Waals surface area contributed by atoms with Crippen molar-refractivity contribution in [1.82, 2.24) is 14.7 Å². The summed E-state index contributed by atoms with van der Waals surface area (Å²) in [5, 5.41) is 4.79. The normalized spacial score (nSPS) is 20.8. The van der Waals surface area contributed by atoms with Gasteiger partial charge < -0.3 is 10.6 Å². The Hall–Kier alpha value is -2.34. The number of nitrogens with zero attached hydrogens (tertiary/aromatic N) is 3. The molecule has 0 aliphatic carbocycles. The number of rotatable bonds is 3. The Morgan fingerprint density at radius 3 is 2.75 bits per heavy atom. The van der Waals surface area contributed by atoms with Crippen molar-refractivity contribution in [3.63, 3.8) is 0 Å². The Morgan fingerprint density at radius 1 is 1.29 bits per heavy atom. The first-order valence-electron chi connectivity index (χ1n) is 7.87. The molecule has 0 spiro atoms. The molecule has 126 valence electrons. The molecular formula is C17H19ClN4O2. The van der Waals surface area contributed by atoms with Crippen LogP contribution in [0.1, 0.15) is 30.1 Å². The molecule has 7 heteroatoms. The summed E-state index contributed by atoms with van der Waals surface area (Å²) in [5.74, 6) is -0.790. The molecule has 1 aromatic heterocycles. The number of hydrogen-bond acceptors (Lipinski definition) is 3. The van der Waals surface area contributed by atoms with Crippen LogP contribution in [0.3, 0.4) is 0 Å². The second-order valence-electron chi connectivity index (χ2n) is 6.11. The van der Waals surface area contributed by atoms with E-state index in [9.17, 15) is 9.59 Å². The van der Waals surface area contributed by atoms with Crippen molar-refractivity contribution in [2.75, 3.05) is 6.54 Å². The molecule has 1 fully saturated rings. The Labute approximate surface area is 145 Å². The van der Waals surface area contributed by atoms with Gasteiger partial charge in [-0.3, -0.25) is 9.59 Å². The predicted molar refractivity (Wildman–Crippen MR) is 91.0 cm³/mol. The molecular weight excluding hydrogens is 328 g/mol. The number of carbonyl (C=O) groups excluding carboxylic acids is 2. The number of aromatic nitrogens is 2. The molecule has 1 saturated heterocycles. The summed E-state index contributed by atoms with van der Waals surface area (Å²) in [7, 11) is 0. The van der Waals surface area contributed by atoms with Crippen LogP contribution in [0.15, 0.2) is 36.7 Å². The fourth-order valence-corrected chi connectivity index (χ4v) is 3.21. The number of nitrogens with two attached hydrogens (primary N) is 1. The lowest BCUT2D eigenvalue weighted by molar-refractivity contribution is -0.123. The number of primary amides is 1. The molecule has 2 aromatic rings. The van der Waals surface area contributed by atoms with Gasteiger partial charge in [0.05, 0.1) is 28.4 Å². The summed E-state index contributed by atoms with van der Waals surface area (Å²) in [6.45, 7) is 2.33. The molecule has 1 aliphatic rings. The van der Waals surface area contributed by atoms with Crippen molar-refractivity contribution in [3.8, 4) is 5.69 Å². The molecule has 0 bridgehead atoms. The zero-order valence-corrected chi connectivity index (χ0v) is 14.1. The Bertz CT molecular complexity index is 773. The number of amides is 2. The topological polar surface area (TPSA) is 81.2 Å². The molecule has 2 atom stereocenters. The highest BCUT2D eigenvalue weighted by atomic mass is 35.5. The van der Waals surface area contributed by atoms with Crippen molar-refractivity contribution in [3.05, 3.63) is 47.2 Å². The molecule has 6 nitrogen and oxygen atoms in total. The third-order valence-electron chi connectivity index (χ3n) is 4.47. The minimum Gasteiger partial charge on any atom is -0.369 e. The van der Waals surface area contributed by atoms with Crippen molar-refractivity contribution < 1.29 is 9.59 Å². The van der Waals surface area contributed by atoms with Gasteiger partial charge in [-0.25, -0.2) is 4.68 Å². The Morgan fingerprint density at radius 2 is 2.04 bits per heavy atom. The number of piperidine rings is 1. The summed E-state index contributed by atoms with van der Waals surface area (Å²) in [5.41, 5.74) is 6.58. The summed E-state index contributed by atoms with van der Waals surface area (Å²) >= 11 is 6.17. The minimum absolute atomic E-state index is 0.0664. The van der Waals surface area contributed by atoms with Gasteiger partial charge in [-0.2, -0.15) is 5.10 Å². The van der Waals surface area contributed by atoms with Gasteiger partial charge in [-0.1, -0.05) is 23.7 Å². The minimum atomic E-state index is -0.355. The molecule has 2 heterocycles. The van der Waals surface area contributed by atoms with Crippen LogP contribution in [0.4, 0.5) is 0 Å². The van der Waals surface area contributed by atoms with Crippen molar-refractivity contribution in [2.24, 2.45) is 11.7 Å². The second kappa shape index (κ2) is 6.65. The molecule has 0 radical (unpaired) electrons. The summed E-state index contributed by atoms with van der Waals surface area (Å²) < 4.78 is 1.58. The molecule has 1 aliphatic heterocycles. The summed E-state index contributed by atoms with van der Waals surface area (Å²) in [4.78, 5) is 25.9. The van der Waals surface area contributed by atoms with E-state index >= 15 is 0 Å². The molecule has 3 rings (SSSR count). The van der Waals surface area contributed by atoms with Crippen LogP contribution < -0.4 is 5.73 Å². The van der Waals surface area contributed by atoms with Crippen molar-refractivity contribution in [1.29, 1.82) is 0 Å². The molecule has 24 heavy (non-hydrogen) atoms. The van der Waals surface area contributed by atoms with E-state index in [4.69, 9.17) is 17.3 Å². The maximum Gasteiger partial charge on any atom is 0.257 e. The lowest BCUT2D eigenvalue weighted by atomic mass is 9.92. The monoisotopic (exact) mass is 346 g/mol. The lowest BCUT2D eigenvalue weighted by Crippen LogP contribution is -2.48. The highest BCUT2D eigenvalue weighted by Gasteiger charge is 2.32. The van der Waals surface area contributed by atoms with Crippen molar-refractivity contribution in [2.45, 2.75) is 25.8 Å². The average molecular weight is 347 g/mol. The van der Waals surface area contributed by atoms with E-state index < -0.39 is 0 Å². The third kappa shape index (κ3) is 3.14. The number of halogens is 1. The average Bonchev–Trinajstić information content (AvgIpc) is 3.04. The van der Waals surface area contributed by atoms with Crippen LogP contribution in [-0.4, -0.2) is 39.1 Å². The van der Waals surface area contributed by atoms with Crippen LogP contribution in [0, 0.1) is 5.92 Å². The number of carbonyl (C=O) groups is 2. The summed E-state index contributed by atoms with van der Waals surface area (Å²) in [6, 6.07) is 7.35. The standard InChI is InChI=1S/C17H19ClN4O2/c1-11-6-7-12(16(19)23)9-21(11)17(24)13-8-20-22(10-13)15-5-3-2-4-14(15)18/h2-5,8,10-12H,6-7,9H2,1H3,(H2,19,23)/t11-,12+/m1/s1. The van der Waals surface area contributed by atoms with E-state index in [1.807, 2.05) is 25.1 Å². The van der Waals surface area contributed by atoms with Crippen molar-refractivity contribution >= 4 is 23.4 Å². The zero-order valence-electron chi connectivity index (χ0n) is 13.4. The van der Waals surface area contributed by atoms with Gasteiger partial charge in [0.2, 0.25) is 5.91 Å². The van der Waals surface area contributed by atoms with Gasteiger partial charge in [-0.15, -0.1) is 0 Å². The van der Waals surface area contributed by atoms with E-state index in [0.29, 0.717) is 22.8 Å². The van der Waals surface area contributed by atoms with Crippen LogP contribution in [-0.2, 0) is 4.79 Å². The van der Waals surface area contributed by atoms with E-state index in [-0.39, 0.29) is 23.8 Å². The number of hydrogen-bond donors (Lipinski definition) is 1. The molecule has 2 amide bonds. The van der Waals surface area contributed by atoms with Gasteiger partial charge in [0.1, 0.15) is 0 Å². The van der Waals surface area contributed by atoms with E-state index in [1.165, 1.54) is 6.20 Å². The van der Waals surface area contributed by atoms with Gasteiger partial charge in [-0.05, 0) is 31.9 Å². The van der Waals surface area contributed by atoms with E-state index in [2.05, 4.69) is 5.10 Å². The lowest BCUT2D eigenvalue weighted by Gasteiger charge is -2.36. The zero-order chi connectivity index (χ0) is 17.3. The third-order valence-corrected chi connectivity index (χ3v) is 4.79. The number of para-hydroxylation sites is 1. The molecule has 1 aromatic carbocycles. The first-order valence-corrected chi connectivity index (χ1v) is 8.25. The molecule has 0 unspecified atom stereocenters. The van der Waals surface area contributed by atoms with Crippen LogP contribution in [0.2, 0.25) is 5.02 Å². The van der Waals surface area contributed by atoms with Gasteiger partial charge in [0, 0.05) is 18.8 Å². The molecule has 2 N–H and O–H groups in total. The fraction of sp³-hybridized carbons (Fsp3) is 0.353. The highest BCUT2D eigenvalue weighted by Crippen LogP contribution is 2.24. The molecule has 0 saturated carbocycles. The number of benzene rings is 1. The Kier molecular flexibility index (Phi) is 4.57. The van der Waals surface area contributed by atoms with Crippen LogP contribution in [0.25, 0.3) is 5.69 Å². The first kappa shape index (κ1) is 16.5. The number of likely N-dealkylation sites (tertiary alicyclic amines) is 1. The SMILES string of the molecule is C[C@@H]1CC[C@H](C(N)=O)CN1C(=O)c1cnn(-c2ccccc2Cl)c1. The smallest absolute Gasteiger partial charge is 0.257 e. The van der Waals surface area contributed by atoms with Gasteiger partial charge >= 0.3 is 0 Å². The van der Waals surface area contributed by atoms with Gasteiger partial charge in [0.15, 0.2) is 0 Å². The maximum absolute atomic E-state index is 12.8. The van der Waals surface area contributed by atoms with E-state index in [0.717, 1.165) is 12.8 Å². The van der Waals surface area contributed by atoms with E-state index in [1.54, 1.807) is 21.8 Å². The highest BCUT2D eigenvalue weighted by molar-refractivity contribution is 6.32. The van der Waals surface area contributed by atoms with Crippen LogP contribution in [0.5, 0.6) is 0 Å².